The number of H-pyrrole nitrogens is 1. The summed E-state index contributed by atoms with van der Waals surface area (Å²) in [4.78, 5) is 29.3. The van der Waals surface area contributed by atoms with Gasteiger partial charge in [-0.2, -0.15) is 13.2 Å². The number of rotatable bonds is 3. The van der Waals surface area contributed by atoms with Gasteiger partial charge in [0.2, 0.25) is 0 Å². The molecule has 2 heterocycles. The standard InChI is InChI=1S/C15H10F3N3O3/c1-7(22)8-4-11(19-6-8)13(23)20-9-2-3-12-10(5-9)21-14(24-12)15(16,17)18/h2-6,19H,1H3,(H,20,23). The lowest BCUT2D eigenvalue weighted by molar-refractivity contribution is -0.156. The summed E-state index contributed by atoms with van der Waals surface area (Å²) >= 11 is 0. The molecule has 0 saturated heterocycles. The maximum atomic E-state index is 12.6. The molecular formula is C15H10F3N3O3. The zero-order chi connectivity index (χ0) is 17.5. The fourth-order valence-corrected chi connectivity index (χ4v) is 2.05. The van der Waals surface area contributed by atoms with E-state index in [-0.39, 0.29) is 28.3 Å². The van der Waals surface area contributed by atoms with Crippen molar-refractivity contribution in [2.45, 2.75) is 13.1 Å². The zero-order valence-corrected chi connectivity index (χ0v) is 12.2. The number of benzene rings is 1. The van der Waals surface area contributed by atoms with Crippen molar-refractivity contribution in [1.29, 1.82) is 0 Å². The van der Waals surface area contributed by atoms with Crippen LogP contribution in [-0.2, 0) is 6.18 Å². The Bertz CT molecular complexity index is 940. The Kier molecular flexibility index (Phi) is 3.63. The van der Waals surface area contributed by atoms with Gasteiger partial charge in [0.1, 0.15) is 11.2 Å². The van der Waals surface area contributed by atoms with Gasteiger partial charge >= 0.3 is 12.1 Å². The Morgan fingerprint density at radius 3 is 2.62 bits per heavy atom. The molecule has 24 heavy (non-hydrogen) atoms. The maximum absolute atomic E-state index is 12.6. The van der Waals surface area contributed by atoms with E-state index in [2.05, 4.69) is 19.7 Å². The molecule has 0 atom stereocenters. The number of aromatic nitrogens is 2. The minimum atomic E-state index is -4.68. The monoisotopic (exact) mass is 337 g/mol. The summed E-state index contributed by atoms with van der Waals surface area (Å²) in [7, 11) is 0. The van der Waals surface area contributed by atoms with Gasteiger partial charge in [-0.3, -0.25) is 9.59 Å². The van der Waals surface area contributed by atoms with Crippen LogP contribution in [0.25, 0.3) is 11.1 Å². The second kappa shape index (κ2) is 5.52. The summed E-state index contributed by atoms with van der Waals surface area (Å²) in [5, 5.41) is 2.51. The van der Waals surface area contributed by atoms with Gasteiger partial charge in [-0.25, -0.2) is 4.98 Å². The van der Waals surface area contributed by atoms with Gasteiger partial charge in [-0.15, -0.1) is 0 Å². The summed E-state index contributed by atoms with van der Waals surface area (Å²) in [5.74, 6) is -2.09. The summed E-state index contributed by atoms with van der Waals surface area (Å²) in [6.45, 7) is 1.36. The molecule has 3 rings (SSSR count). The Hall–Kier alpha value is -3.10. The highest BCUT2D eigenvalue weighted by Crippen LogP contribution is 2.31. The Balaban J connectivity index is 1.84. The lowest BCUT2D eigenvalue weighted by atomic mass is 10.2. The van der Waals surface area contributed by atoms with E-state index < -0.39 is 18.0 Å². The third-order valence-corrected chi connectivity index (χ3v) is 3.22. The van der Waals surface area contributed by atoms with Crippen LogP contribution in [0.1, 0.15) is 33.7 Å². The number of aromatic amines is 1. The summed E-state index contributed by atoms with van der Waals surface area (Å²) in [5.41, 5.74) is 0.668. The number of hydrogen-bond donors (Lipinski definition) is 2. The molecule has 1 amide bonds. The molecule has 0 bridgehead atoms. The molecule has 2 aromatic heterocycles. The molecule has 0 unspecified atom stereocenters. The fourth-order valence-electron chi connectivity index (χ4n) is 2.05. The van der Waals surface area contributed by atoms with Crippen LogP contribution in [0.2, 0.25) is 0 Å². The van der Waals surface area contributed by atoms with E-state index >= 15 is 0 Å². The fraction of sp³-hybridized carbons (Fsp3) is 0.133. The number of carbonyl (C=O) groups excluding carboxylic acids is 2. The molecule has 0 aliphatic carbocycles. The molecule has 0 spiro atoms. The van der Waals surface area contributed by atoms with E-state index in [0.29, 0.717) is 5.56 Å². The van der Waals surface area contributed by atoms with Crippen molar-refractivity contribution in [3.63, 3.8) is 0 Å². The van der Waals surface area contributed by atoms with Gasteiger partial charge in [0.05, 0.1) is 0 Å². The Morgan fingerprint density at radius 1 is 1.25 bits per heavy atom. The molecule has 3 aromatic rings. The van der Waals surface area contributed by atoms with Crippen molar-refractivity contribution in [2.24, 2.45) is 0 Å². The highest BCUT2D eigenvalue weighted by atomic mass is 19.4. The van der Waals surface area contributed by atoms with E-state index in [1.807, 2.05) is 0 Å². The number of halogens is 3. The van der Waals surface area contributed by atoms with E-state index in [1.165, 1.54) is 37.4 Å². The quantitative estimate of drug-likeness (QED) is 0.714. The first-order valence-electron chi connectivity index (χ1n) is 6.72. The number of Topliss-reactive ketones (excluding diaryl/α,β-unsaturated/α-hetero) is 1. The predicted molar refractivity (Wildman–Crippen MR) is 77.8 cm³/mol. The molecule has 0 radical (unpaired) electrons. The van der Waals surface area contributed by atoms with Gasteiger partial charge in [0.15, 0.2) is 11.4 Å². The van der Waals surface area contributed by atoms with E-state index in [4.69, 9.17) is 0 Å². The lowest BCUT2D eigenvalue weighted by Crippen LogP contribution is -2.12. The lowest BCUT2D eigenvalue weighted by Gasteiger charge is -2.02. The van der Waals surface area contributed by atoms with Crippen molar-refractivity contribution in [1.82, 2.24) is 9.97 Å². The number of nitrogens with one attached hydrogen (secondary N) is 2. The van der Waals surface area contributed by atoms with Gasteiger partial charge in [-0.05, 0) is 31.2 Å². The average molecular weight is 337 g/mol. The summed E-state index contributed by atoms with van der Waals surface area (Å²) in [6.07, 6.45) is -3.29. The predicted octanol–water partition coefficient (Wildman–Crippen LogP) is 3.63. The number of oxazole rings is 1. The largest absolute Gasteiger partial charge is 0.468 e. The van der Waals surface area contributed by atoms with Gasteiger partial charge in [0.25, 0.3) is 5.91 Å². The van der Waals surface area contributed by atoms with Crippen molar-refractivity contribution in [3.05, 3.63) is 47.6 Å². The van der Waals surface area contributed by atoms with Crippen molar-refractivity contribution in [3.8, 4) is 0 Å². The highest BCUT2D eigenvalue weighted by Gasteiger charge is 2.37. The number of ketones is 1. The molecule has 1 aromatic carbocycles. The van der Waals surface area contributed by atoms with Crippen LogP contribution < -0.4 is 5.32 Å². The van der Waals surface area contributed by atoms with Crippen molar-refractivity contribution < 1.29 is 27.2 Å². The third-order valence-electron chi connectivity index (χ3n) is 3.22. The first-order chi connectivity index (χ1) is 11.2. The minimum absolute atomic E-state index is 0.0314. The molecular weight excluding hydrogens is 327 g/mol. The Morgan fingerprint density at radius 2 is 2.00 bits per heavy atom. The van der Waals surface area contributed by atoms with Crippen LogP contribution in [-0.4, -0.2) is 21.7 Å². The highest BCUT2D eigenvalue weighted by molar-refractivity contribution is 6.05. The molecule has 0 saturated carbocycles. The topological polar surface area (TPSA) is 88.0 Å². The smallest absolute Gasteiger partial charge is 0.433 e. The van der Waals surface area contributed by atoms with Crippen molar-refractivity contribution >= 4 is 28.5 Å². The number of anilines is 1. The summed E-state index contributed by atoms with van der Waals surface area (Å²) in [6, 6.07) is 5.32. The number of amides is 1. The molecule has 9 heteroatoms. The number of fused-ring (bicyclic) bond motifs is 1. The number of alkyl halides is 3. The SMILES string of the molecule is CC(=O)c1c[nH]c(C(=O)Nc2ccc3oc(C(F)(F)F)nc3c2)c1. The van der Waals surface area contributed by atoms with Crippen LogP contribution in [0.4, 0.5) is 18.9 Å². The zero-order valence-electron chi connectivity index (χ0n) is 12.2. The first-order valence-corrected chi connectivity index (χ1v) is 6.72. The van der Waals surface area contributed by atoms with Crippen LogP contribution in [0.5, 0.6) is 0 Å². The molecule has 124 valence electrons. The normalized spacial score (nSPS) is 11.7. The van der Waals surface area contributed by atoms with Gasteiger partial charge in [0, 0.05) is 17.4 Å². The molecule has 2 N–H and O–H groups in total. The van der Waals surface area contributed by atoms with E-state index in [1.54, 1.807) is 0 Å². The number of hydrogen-bond acceptors (Lipinski definition) is 4. The summed E-state index contributed by atoms with van der Waals surface area (Å²) < 4.78 is 42.3. The van der Waals surface area contributed by atoms with Crippen LogP contribution >= 0.6 is 0 Å². The molecule has 0 aliphatic rings. The maximum Gasteiger partial charge on any atom is 0.468 e. The second-order valence-electron chi connectivity index (χ2n) is 5.01. The van der Waals surface area contributed by atoms with E-state index in [0.717, 1.165) is 0 Å². The number of nitrogens with zero attached hydrogens (tertiary/aromatic N) is 1. The average Bonchev–Trinajstić information content (AvgIpc) is 3.13. The van der Waals surface area contributed by atoms with Crippen molar-refractivity contribution in [2.75, 3.05) is 5.32 Å². The van der Waals surface area contributed by atoms with Crippen LogP contribution in [0.15, 0.2) is 34.9 Å². The van der Waals surface area contributed by atoms with Crippen LogP contribution in [0.3, 0.4) is 0 Å². The second-order valence-corrected chi connectivity index (χ2v) is 5.01. The van der Waals surface area contributed by atoms with Gasteiger partial charge < -0.3 is 14.7 Å². The first kappa shape index (κ1) is 15.8. The molecule has 0 aliphatic heterocycles. The third kappa shape index (κ3) is 3.00. The van der Waals surface area contributed by atoms with Gasteiger partial charge in [-0.1, -0.05) is 0 Å². The van der Waals surface area contributed by atoms with E-state index in [9.17, 15) is 22.8 Å². The van der Waals surface area contributed by atoms with Crippen LogP contribution in [0, 0.1) is 0 Å². The molecule has 0 fully saturated rings. The Labute approximate surface area is 132 Å². The minimum Gasteiger partial charge on any atom is -0.433 e. The molecule has 6 nitrogen and oxygen atoms in total. The number of carbonyl (C=O) groups is 2.